The molecule has 0 unspecified atom stereocenters. The summed E-state index contributed by atoms with van der Waals surface area (Å²) in [5, 5.41) is 2.24. The topological polar surface area (TPSA) is 63.6 Å². The Labute approximate surface area is 117 Å². The fraction of sp³-hybridized carbons (Fsp3) is 0.273. The largest absolute Gasteiger partial charge is 0.433 e. The van der Waals surface area contributed by atoms with Crippen molar-refractivity contribution in [1.82, 2.24) is 19.9 Å². The molecule has 0 saturated carbocycles. The van der Waals surface area contributed by atoms with Crippen LogP contribution in [0.2, 0.25) is 5.28 Å². The van der Waals surface area contributed by atoms with Crippen LogP contribution in [0.15, 0.2) is 18.3 Å². The maximum absolute atomic E-state index is 12.6. The smallest absolute Gasteiger partial charge is 0.364 e. The highest BCUT2D eigenvalue weighted by molar-refractivity contribution is 6.28. The average molecular weight is 304 g/mol. The third-order valence-corrected chi connectivity index (χ3v) is 2.44. The monoisotopic (exact) mass is 303 g/mol. The van der Waals surface area contributed by atoms with Crippen molar-refractivity contribution >= 4 is 17.4 Å². The van der Waals surface area contributed by atoms with Crippen molar-refractivity contribution in [3.63, 3.8) is 0 Å². The number of nitrogens with one attached hydrogen (secondary N) is 1. The minimum absolute atomic E-state index is 0.0198. The summed E-state index contributed by atoms with van der Waals surface area (Å²) < 4.78 is 37.7. The number of halogens is 4. The highest BCUT2D eigenvalue weighted by Gasteiger charge is 2.33. The van der Waals surface area contributed by atoms with Gasteiger partial charge in [0.2, 0.25) is 5.28 Å². The molecular weight excluding hydrogens is 295 g/mol. The number of nitrogens with zero attached hydrogens (tertiary/aromatic N) is 4. The van der Waals surface area contributed by atoms with Crippen LogP contribution in [0.25, 0.3) is 0 Å². The molecule has 106 valence electrons. The second-order valence-electron chi connectivity index (χ2n) is 3.85. The van der Waals surface area contributed by atoms with Crippen molar-refractivity contribution in [2.45, 2.75) is 19.6 Å². The molecule has 0 radical (unpaired) electrons. The zero-order chi connectivity index (χ0) is 14.8. The summed E-state index contributed by atoms with van der Waals surface area (Å²) in [7, 11) is 0. The zero-order valence-corrected chi connectivity index (χ0v) is 11.0. The molecule has 2 aromatic heterocycles. The van der Waals surface area contributed by atoms with E-state index >= 15 is 0 Å². The molecule has 0 fully saturated rings. The Morgan fingerprint density at radius 1 is 1.25 bits per heavy atom. The Kier molecular flexibility index (Phi) is 4.03. The number of alkyl halides is 3. The number of hydrogen-bond donors (Lipinski definition) is 1. The molecule has 0 saturated heterocycles. The fourth-order valence-electron chi connectivity index (χ4n) is 1.44. The zero-order valence-electron chi connectivity index (χ0n) is 10.2. The van der Waals surface area contributed by atoms with E-state index in [4.69, 9.17) is 11.6 Å². The van der Waals surface area contributed by atoms with Crippen molar-refractivity contribution in [1.29, 1.82) is 0 Å². The van der Waals surface area contributed by atoms with E-state index in [0.29, 0.717) is 11.5 Å². The minimum atomic E-state index is -4.57. The molecule has 0 amide bonds. The van der Waals surface area contributed by atoms with Crippen LogP contribution < -0.4 is 5.32 Å². The van der Waals surface area contributed by atoms with Crippen LogP contribution in [0.4, 0.5) is 19.0 Å². The Balaban J connectivity index is 2.16. The number of aromatic nitrogens is 4. The molecule has 2 heterocycles. The van der Waals surface area contributed by atoms with E-state index in [1.54, 1.807) is 19.2 Å². The maximum Gasteiger partial charge on any atom is 0.433 e. The van der Waals surface area contributed by atoms with E-state index in [9.17, 15) is 13.2 Å². The normalized spacial score (nSPS) is 11.4. The SMILES string of the molecule is Cc1nccc(CNc2cc(C(F)(F)F)nc(Cl)n2)n1. The summed E-state index contributed by atoms with van der Waals surface area (Å²) in [6.45, 7) is 1.92. The fourth-order valence-corrected chi connectivity index (χ4v) is 1.62. The summed E-state index contributed by atoms with van der Waals surface area (Å²) in [5.41, 5.74) is -0.473. The third-order valence-electron chi connectivity index (χ3n) is 2.27. The van der Waals surface area contributed by atoms with Gasteiger partial charge in [-0.3, -0.25) is 0 Å². The van der Waals surface area contributed by atoms with Crippen molar-refractivity contribution in [2.24, 2.45) is 0 Å². The third kappa shape index (κ3) is 3.77. The van der Waals surface area contributed by atoms with Gasteiger partial charge in [0.25, 0.3) is 0 Å². The first-order valence-electron chi connectivity index (χ1n) is 5.49. The lowest BCUT2D eigenvalue weighted by atomic mass is 10.3. The van der Waals surface area contributed by atoms with Crippen LogP contribution >= 0.6 is 11.6 Å². The molecule has 0 bridgehead atoms. The van der Waals surface area contributed by atoms with Crippen LogP contribution in [0.1, 0.15) is 17.2 Å². The van der Waals surface area contributed by atoms with Gasteiger partial charge in [-0.15, -0.1) is 0 Å². The van der Waals surface area contributed by atoms with Gasteiger partial charge in [-0.2, -0.15) is 13.2 Å². The molecule has 9 heteroatoms. The van der Waals surface area contributed by atoms with Crippen LogP contribution in [0.3, 0.4) is 0 Å². The van der Waals surface area contributed by atoms with Crippen LogP contribution in [0, 0.1) is 6.92 Å². The van der Waals surface area contributed by atoms with E-state index in [1.807, 2.05) is 0 Å². The van der Waals surface area contributed by atoms with E-state index in [1.165, 1.54) is 0 Å². The number of anilines is 1. The van der Waals surface area contributed by atoms with Crippen molar-refractivity contribution in [3.05, 3.63) is 40.8 Å². The number of aryl methyl sites for hydroxylation is 1. The van der Waals surface area contributed by atoms with Gasteiger partial charge in [-0.1, -0.05) is 0 Å². The van der Waals surface area contributed by atoms with E-state index < -0.39 is 17.2 Å². The first-order valence-corrected chi connectivity index (χ1v) is 5.86. The van der Waals surface area contributed by atoms with Crippen LogP contribution in [-0.4, -0.2) is 19.9 Å². The molecule has 0 atom stereocenters. The van der Waals surface area contributed by atoms with Crippen LogP contribution in [0.5, 0.6) is 0 Å². The highest BCUT2D eigenvalue weighted by atomic mass is 35.5. The molecule has 0 spiro atoms. The predicted octanol–water partition coefficient (Wildman–Crippen LogP) is 2.86. The Hall–Kier alpha value is -1.96. The summed E-state index contributed by atoms with van der Waals surface area (Å²) in [5.74, 6) is 0.551. The molecule has 0 aliphatic carbocycles. The summed E-state index contributed by atoms with van der Waals surface area (Å²) in [6.07, 6.45) is -3.01. The lowest BCUT2D eigenvalue weighted by Gasteiger charge is -2.09. The lowest BCUT2D eigenvalue weighted by molar-refractivity contribution is -0.141. The second-order valence-corrected chi connectivity index (χ2v) is 4.19. The van der Waals surface area contributed by atoms with Gasteiger partial charge in [-0.05, 0) is 24.6 Å². The van der Waals surface area contributed by atoms with Gasteiger partial charge in [-0.25, -0.2) is 19.9 Å². The van der Waals surface area contributed by atoms with E-state index in [-0.39, 0.29) is 12.4 Å². The standard InChI is InChI=1S/C11H9ClF3N5/c1-6-16-3-2-7(18-6)5-17-9-4-8(11(13,14)15)19-10(12)20-9/h2-4H,5H2,1H3,(H,17,19,20). The Bertz CT molecular complexity index is 617. The minimum Gasteiger partial charge on any atom is -0.364 e. The molecule has 0 aliphatic heterocycles. The van der Waals surface area contributed by atoms with Crippen molar-refractivity contribution in [3.8, 4) is 0 Å². The molecule has 0 aliphatic rings. The van der Waals surface area contributed by atoms with Gasteiger partial charge in [0, 0.05) is 12.3 Å². The molecule has 5 nitrogen and oxygen atoms in total. The first kappa shape index (κ1) is 14.4. The summed E-state index contributed by atoms with van der Waals surface area (Å²) in [4.78, 5) is 14.9. The van der Waals surface area contributed by atoms with Crippen molar-refractivity contribution in [2.75, 3.05) is 5.32 Å². The number of rotatable bonds is 3. The number of hydrogen-bond acceptors (Lipinski definition) is 5. The molecular formula is C11H9ClF3N5. The Morgan fingerprint density at radius 2 is 2.00 bits per heavy atom. The van der Waals surface area contributed by atoms with Gasteiger partial charge >= 0.3 is 6.18 Å². The molecule has 20 heavy (non-hydrogen) atoms. The van der Waals surface area contributed by atoms with Gasteiger partial charge in [0.15, 0.2) is 5.69 Å². The van der Waals surface area contributed by atoms with E-state index in [2.05, 4.69) is 25.3 Å². The van der Waals surface area contributed by atoms with Gasteiger partial charge in [0.05, 0.1) is 12.2 Å². The molecule has 1 N–H and O–H groups in total. The lowest BCUT2D eigenvalue weighted by Crippen LogP contribution is -2.11. The van der Waals surface area contributed by atoms with Gasteiger partial charge in [0.1, 0.15) is 11.6 Å². The second kappa shape index (κ2) is 5.58. The first-order chi connectivity index (χ1) is 9.34. The van der Waals surface area contributed by atoms with E-state index in [0.717, 1.165) is 6.07 Å². The average Bonchev–Trinajstić information content (AvgIpc) is 2.35. The highest BCUT2D eigenvalue weighted by Crippen LogP contribution is 2.29. The summed E-state index contributed by atoms with van der Waals surface area (Å²) in [6, 6.07) is 2.44. The Morgan fingerprint density at radius 3 is 2.65 bits per heavy atom. The van der Waals surface area contributed by atoms with Crippen molar-refractivity contribution < 1.29 is 13.2 Å². The predicted molar refractivity (Wildman–Crippen MR) is 66.1 cm³/mol. The summed E-state index contributed by atoms with van der Waals surface area (Å²) >= 11 is 5.48. The molecule has 2 aromatic rings. The molecule has 2 rings (SSSR count). The van der Waals surface area contributed by atoms with Gasteiger partial charge < -0.3 is 5.32 Å². The maximum atomic E-state index is 12.6. The quantitative estimate of drug-likeness (QED) is 0.883. The molecule has 0 aromatic carbocycles. The van der Waals surface area contributed by atoms with Crippen LogP contribution in [-0.2, 0) is 12.7 Å².